The number of nitrogens with one attached hydrogen (secondary N) is 3. The van der Waals surface area contributed by atoms with Crippen molar-refractivity contribution in [3.8, 4) is 11.5 Å². The number of aliphatic hydroxyl groups is 1. The molecular formula is C46H55FN4O4Si. The predicted molar refractivity (Wildman–Crippen MR) is 226 cm³/mol. The van der Waals surface area contributed by atoms with Crippen LogP contribution in [0.4, 0.5) is 14.9 Å². The number of amides is 2. The van der Waals surface area contributed by atoms with E-state index in [9.17, 15) is 14.3 Å². The van der Waals surface area contributed by atoms with Gasteiger partial charge in [-0.25, -0.2) is 9.18 Å². The molecule has 1 saturated heterocycles. The smallest absolute Gasteiger partial charge is 0.319 e. The quantitative estimate of drug-likeness (QED) is 0.0631. The number of hydrogen-bond donors (Lipinski definition) is 4. The second-order valence-corrected chi connectivity index (χ2v) is 19.7. The van der Waals surface area contributed by atoms with E-state index in [-0.39, 0.29) is 36.1 Å². The molecule has 5 aromatic rings. The SMILES string of the molecule is CC(C)(C)[Si](Oc1ccc(OC[C@@H](O)CNCCc2ccc(NC3CCN(C(=O)NCc4ccccc4F)CC3)cc2)cc1)(c1ccccc1)c1ccccc1. The zero-order valence-electron chi connectivity index (χ0n) is 32.7. The van der Waals surface area contributed by atoms with Crippen molar-refractivity contribution in [3.63, 3.8) is 0 Å². The van der Waals surface area contributed by atoms with Gasteiger partial charge in [-0.2, -0.15) is 0 Å². The highest BCUT2D eigenvalue weighted by molar-refractivity contribution is 7.00. The van der Waals surface area contributed by atoms with Gasteiger partial charge >= 0.3 is 14.3 Å². The molecule has 1 atom stereocenters. The average molecular weight is 775 g/mol. The minimum Gasteiger partial charge on any atom is -0.534 e. The fraction of sp³-hybridized carbons (Fsp3) is 0.326. The Kier molecular flexibility index (Phi) is 13.8. The van der Waals surface area contributed by atoms with Crippen molar-refractivity contribution in [1.29, 1.82) is 0 Å². The van der Waals surface area contributed by atoms with Gasteiger partial charge in [0, 0.05) is 43.5 Å². The number of carbonyl (C=O) groups is 1. The highest BCUT2D eigenvalue weighted by Crippen LogP contribution is 2.38. The number of halogens is 1. The van der Waals surface area contributed by atoms with Gasteiger partial charge in [0.25, 0.3) is 0 Å². The van der Waals surface area contributed by atoms with Crippen molar-refractivity contribution < 1.29 is 23.5 Å². The number of ether oxygens (including phenoxy) is 1. The summed E-state index contributed by atoms with van der Waals surface area (Å²) in [6.45, 7) is 9.59. The fourth-order valence-electron chi connectivity index (χ4n) is 7.34. The summed E-state index contributed by atoms with van der Waals surface area (Å²) in [6, 6.07) is 43.9. The van der Waals surface area contributed by atoms with Crippen molar-refractivity contribution in [3.05, 3.63) is 150 Å². The molecular weight excluding hydrogens is 720 g/mol. The second kappa shape index (κ2) is 19.1. The van der Waals surface area contributed by atoms with Crippen molar-refractivity contribution in [1.82, 2.24) is 15.5 Å². The van der Waals surface area contributed by atoms with Gasteiger partial charge < -0.3 is 35.1 Å². The molecule has 8 nitrogen and oxygen atoms in total. The lowest BCUT2D eigenvalue weighted by atomic mass is 10.0. The number of likely N-dealkylation sites (tertiary alicyclic amines) is 1. The molecule has 1 aliphatic heterocycles. The summed E-state index contributed by atoms with van der Waals surface area (Å²) >= 11 is 0. The summed E-state index contributed by atoms with van der Waals surface area (Å²) in [5, 5.41) is 22.7. The zero-order chi connectivity index (χ0) is 39.4. The number of benzene rings is 5. The van der Waals surface area contributed by atoms with Crippen LogP contribution in [0.2, 0.25) is 5.04 Å². The van der Waals surface area contributed by atoms with Crippen LogP contribution in [0, 0.1) is 5.82 Å². The van der Waals surface area contributed by atoms with Gasteiger partial charge in [0.15, 0.2) is 0 Å². The minimum atomic E-state index is -2.73. The van der Waals surface area contributed by atoms with Crippen LogP contribution in [0.15, 0.2) is 133 Å². The van der Waals surface area contributed by atoms with E-state index in [0.29, 0.717) is 30.9 Å². The van der Waals surface area contributed by atoms with E-state index in [0.717, 1.165) is 37.2 Å². The molecule has 0 spiro atoms. The number of nitrogens with zero attached hydrogens (tertiary/aromatic N) is 1. The molecule has 0 bridgehead atoms. The van der Waals surface area contributed by atoms with Crippen LogP contribution >= 0.6 is 0 Å². The molecule has 0 unspecified atom stereocenters. The van der Waals surface area contributed by atoms with Crippen LogP contribution in [-0.2, 0) is 13.0 Å². The van der Waals surface area contributed by atoms with Crippen molar-refractivity contribution in [2.75, 3.05) is 38.1 Å². The van der Waals surface area contributed by atoms with Gasteiger partial charge in [0.1, 0.15) is 30.0 Å². The number of piperidine rings is 1. The lowest BCUT2D eigenvalue weighted by Crippen LogP contribution is -2.68. The number of rotatable bonds is 16. The lowest BCUT2D eigenvalue weighted by molar-refractivity contribution is 0.106. The number of aliphatic hydroxyl groups excluding tert-OH is 1. The Balaban J connectivity index is 0.894. The molecule has 1 fully saturated rings. The molecule has 294 valence electrons. The molecule has 0 saturated carbocycles. The maximum atomic E-state index is 13.9. The standard InChI is InChI=1S/C46H55FN4O4Si/c1-46(2,3)56(42-13-6-4-7-14-42,43-15-8-5-9-16-43)55-41-24-22-40(23-25-41)54-34-39(52)33-48-29-26-35-18-20-37(21-19-35)50-38-27-30-51(31-28-38)45(53)49-32-36-12-10-11-17-44(36)47/h4-25,38-39,48,50,52H,26-34H2,1-3H3,(H,49,53)/t39-/m0/s1. The van der Waals surface area contributed by atoms with Gasteiger partial charge in [-0.3, -0.25) is 0 Å². The van der Waals surface area contributed by atoms with Crippen LogP contribution < -0.4 is 35.5 Å². The molecule has 5 aromatic carbocycles. The number of urea groups is 1. The molecule has 0 radical (unpaired) electrons. The van der Waals surface area contributed by atoms with Crippen molar-refractivity contribution in [2.45, 2.75) is 63.8 Å². The monoisotopic (exact) mass is 774 g/mol. The van der Waals surface area contributed by atoms with Crippen LogP contribution in [0.3, 0.4) is 0 Å². The molecule has 1 aliphatic rings. The lowest BCUT2D eigenvalue weighted by Gasteiger charge is -2.43. The third-order valence-electron chi connectivity index (χ3n) is 10.4. The van der Waals surface area contributed by atoms with E-state index in [2.05, 4.69) is 110 Å². The Bertz CT molecular complexity index is 1910. The number of hydrogen-bond acceptors (Lipinski definition) is 6. The summed E-state index contributed by atoms with van der Waals surface area (Å²) in [5.74, 6) is 1.16. The molecule has 56 heavy (non-hydrogen) atoms. The largest absolute Gasteiger partial charge is 0.534 e. The summed E-state index contributed by atoms with van der Waals surface area (Å²) in [7, 11) is -2.73. The first-order valence-electron chi connectivity index (χ1n) is 19.6. The number of carbonyl (C=O) groups excluding carboxylic acids is 1. The maximum absolute atomic E-state index is 13.9. The van der Waals surface area contributed by atoms with E-state index >= 15 is 0 Å². The highest BCUT2D eigenvalue weighted by Gasteiger charge is 2.52. The summed E-state index contributed by atoms with van der Waals surface area (Å²) in [4.78, 5) is 14.4. The van der Waals surface area contributed by atoms with Crippen molar-refractivity contribution in [2.24, 2.45) is 0 Å². The molecule has 2 amide bonds. The Morgan fingerprint density at radius 3 is 2.02 bits per heavy atom. The van der Waals surface area contributed by atoms with Gasteiger partial charge in [-0.15, -0.1) is 0 Å². The first kappa shape index (κ1) is 40.5. The predicted octanol–water partition coefficient (Wildman–Crippen LogP) is 7.12. The normalized spacial score (nSPS) is 14.2. The molecule has 1 heterocycles. The average Bonchev–Trinajstić information content (AvgIpc) is 3.22. The van der Waals surface area contributed by atoms with Crippen LogP contribution in [-0.4, -0.2) is 69.3 Å². The molecule has 10 heteroatoms. The van der Waals surface area contributed by atoms with Gasteiger partial charge in [-0.1, -0.05) is 112 Å². The fourth-order valence-corrected chi connectivity index (χ4v) is 11.8. The summed E-state index contributed by atoms with van der Waals surface area (Å²) < 4.78 is 26.9. The van der Waals surface area contributed by atoms with E-state index in [1.807, 2.05) is 36.4 Å². The second-order valence-electron chi connectivity index (χ2n) is 15.5. The number of anilines is 1. The van der Waals surface area contributed by atoms with E-state index in [4.69, 9.17) is 9.16 Å². The first-order valence-corrected chi connectivity index (χ1v) is 21.5. The van der Waals surface area contributed by atoms with Gasteiger partial charge in [-0.05, 0) is 89.2 Å². The van der Waals surface area contributed by atoms with Crippen LogP contribution in [0.1, 0.15) is 44.7 Å². The molecule has 6 rings (SSSR count). The molecule has 0 aliphatic carbocycles. The Labute approximate surface area is 332 Å². The van der Waals surface area contributed by atoms with Crippen LogP contribution in [0.25, 0.3) is 0 Å². The Morgan fingerprint density at radius 2 is 1.41 bits per heavy atom. The third-order valence-corrected chi connectivity index (χ3v) is 15.4. The van der Waals surface area contributed by atoms with Gasteiger partial charge in [0.2, 0.25) is 0 Å². The Hall–Kier alpha value is -5.16. The minimum absolute atomic E-state index is 0.140. The summed E-state index contributed by atoms with van der Waals surface area (Å²) in [6.07, 6.45) is 1.86. The van der Waals surface area contributed by atoms with E-state index in [1.165, 1.54) is 22.0 Å². The van der Waals surface area contributed by atoms with Gasteiger partial charge in [0.05, 0.1) is 0 Å². The molecule has 4 N–H and O–H groups in total. The summed E-state index contributed by atoms with van der Waals surface area (Å²) in [5.41, 5.74) is 2.74. The topological polar surface area (TPSA) is 95.1 Å². The highest BCUT2D eigenvalue weighted by atomic mass is 28.4. The maximum Gasteiger partial charge on any atom is 0.319 e. The van der Waals surface area contributed by atoms with Crippen LogP contribution in [0.5, 0.6) is 11.5 Å². The van der Waals surface area contributed by atoms with Crippen molar-refractivity contribution >= 4 is 30.4 Å². The van der Waals surface area contributed by atoms with E-state index < -0.39 is 14.4 Å². The molecule has 0 aromatic heterocycles. The first-order chi connectivity index (χ1) is 27.1. The third kappa shape index (κ3) is 10.6. The zero-order valence-corrected chi connectivity index (χ0v) is 33.7. The Morgan fingerprint density at radius 1 is 0.821 bits per heavy atom. The van der Waals surface area contributed by atoms with E-state index in [1.54, 1.807) is 23.1 Å².